The van der Waals surface area contributed by atoms with Gasteiger partial charge in [0.15, 0.2) is 0 Å². The Kier molecular flexibility index (Phi) is 5.95. The van der Waals surface area contributed by atoms with E-state index in [0.29, 0.717) is 22.0 Å². The number of nitrogens with one attached hydrogen (secondary N) is 1. The molecular formula is C24H26Cl2N2O2. The summed E-state index contributed by atoms with van der Waals surface area (Å²) in [5.41, 5.74) is -1.17. The Morgan fingerprint density at radius 3 is 2.30 bits per heavy atom. The molecule has 1 saturated heterocycles. The summed E-state index contributed by atoms with van der Waals surface area (Å²) in [6.07, 6.45) is 0.614. The van der Waals surface area contributed by atoms with E-state index < -0.39 is 28.9 Å². The molecule has 1 fully saturated rings. The third-order valence-electron chi connectivity index (χ3n) is 6.01. The van der Waals surface area contributed by atoms with Crippen molar-refractivity contribution in [2.45, 2.75) is 57.0 Å². The molecule has 158 valence electrons. The van der Waals surface area contributed by atoms with Gasteiger partial charge in [-0.3, -0.25) is 10.1 Å². The van der Waals surface area contributed by atoms with Gasteiger partial charge < -0.3 is 5.11 Å². The molecule has 0 amide bonds. The van der Waals surface area contributed by atoms with E-state index in [2.05, 4.69) is 32.2 Å². The summed E-state index contributed by atoms with van der Waals surface area (Å²) in [6, 6.07) is 16.4. The fraction of sp³-hybridized carbons (Fsp3) is 0.417. The van der Waals surface area contributed by atoms with E-state index in [4.69, 9.17) is 23.2 Å². The van der Waals surface area contributed by atoms with Gasteiger partial charge in [-0.2, -0.15) is 5.26 Å². The summed E-state index contributed by atoms with van der Waals surface area (Å²) in [5, 5.41) is 25.4. The molecule has 1 aliphatic heterocycles. The van der Waals surface area contributed by atoms with Crippen LogP contribution in [0.4, 0.5) is 0 Å². The summed E-state index contributed by atoms with van der Waals surface area (Å²) in [6.45, 7) is 7.92. The molecule has 0 spiro atoms. The first-order valence-electron chi connectivity index (χ1n) is 9.88. The van der Waals surface area contributed by atoms with Crippen molar-refractivity contribution < 1.29 is 9.90 Å². The largest absolute Gasteiger partial charge is 0.480 e. The van der Waals surface area contributed by atoms with Crippen molar-refractivity contribution in [1.82, 2.24) is 5.32 Å². The van der Waals surface area contributed by atoms with Crippen LogP contribution < -0.4 is 5.32 Å². The van der Waals surface area contributed by atoms with Gasteiger partial charge in [0.2, 0.25) is 0 Å². The zero-order chi connectivity index (χ0) is 22.3. The van der Waals surface area contributed by atoms with Gasteiger partial charge in [0.1, 0.15) is 11.0 Å². The Hall–Kier alpha value is -2.06. The van der Waals surface area contributed by atoms with Crippen LogP contribution in [0.3, 0.4) is 0 Å². The molecule has 0 aromatic heterocycles. The predicted octanol–water partition coefficient (Wildman–Crippen LogP) is 5.79. The molecule has 1 aliphatic rings. The van der Waals surface area contributed by atoms with Crippen molar-refractivity contribution >= 4 is 29.2 Å². The number of carbonyl (C=O) groups is 1. The number of nitrogens with zero attached hydrogens (tertiary/aromatic N) is 1. The lowest BCUT2D eigenvalue weighted by Gasteiger charge is -2.38. The van der Waals surface area contributed by atoms with Crippen molar-refractivity contribution in [2.24, 2.45) is 5.41 Å². The Morgan fingerprint density at radius 2 is 1.80 bits per heavy atom. The Balaban J connectivity index is 2.35. The van der Waals surface area contributed by atoms with E-state index in [1.54, 1.807) is 37.3 Å². The van der Waals surface area contributed by atoms with E-state index in [-0.39, 0.29) is 5.41 Å². The van der Waals surface area contributed by atoms with Crippen LogP contribution in [0.5, 0.6) is 0 Å². The number of halogens is 2. The summed E-state index contributed by atoms with van der Waals surface area (Å²) in [4.78, 5) is 12.6. The Morgan fingerprint density at radius 1 is 1.17 bits per heavy atom. The van der Waals surface area contributed by atoms with Crippen molar-refractivity contribution in [2.75, 3.05) is 0 Å². The maximum absolute atomic E-state index is 12.6. The minimum absolute atomic E-state index is 0.130. The molecule has 4 atom stereocenters. The van der Waals surface area contributed by atoms with Gasteiger partial charge in [-0.1, -0.05) is 68.2 Å². The Labute approximate surface area is 187 Å². The highest BCUT2D eigenvalue weighted by Gasteiger charge is 2.65. The van der Waals surface area contributed by atoms with E-state index in [1.807, 2.05) is 18.2 Å². The van der Waals surface area contributed by atoms with Crippen LogP contribution in [0.1, 0.15) is 51.2 Å². The smallest absolute Gasteiger partial charge is 0.324 e. The molecular weight excluding hydrogens is 419 g/mol. The first-order chi connectivity index (χ1) is 13.9. The molecule has 3 rings (SSSR count). The van der Waals surface area contributed by atoms with Crippen LogP contribution >= 0.6 is 23.2 Å². The number of nitriles is 1. The van der Waals surface area contributed by atoms with Crippen molar-refractivity contribution in [1.29, 1.82) is 5.26 Å². The molecule has 0 radical (unpaired) electrons. The van der Waals surface area contributed by atoms with Gasteiger partial charge in [-0.25, -0.2) is 0 Å². The number of benzene rings is 2. The number of hydrogen-bond donors (Lipinski definition) is 2. The highest BCUT2D eigenvalue weighted by molar-refractivity contribution is 6.30. The zero-order valence-electron chi connectivity index (χ0n) is 17.5. The SMILES string of the molecule is CC(C)(C)C[C@@H]1N[C@@](C)(C(=O)O)[C@H](c2cccc(Cl)c2)[C@@]1(C#N)c1ccc(Cl)cc1. The van der Waals surface area contributed by atoms with Crippen LogP contribution in [0.25, 0.3) is 0 Å². The molecule has 30 heavy (non-hydrogen) atoms. The van der Waals surface area contributed by atoms with Crippen LogP contribution in [-0.4, -0.2) is 22.7 Å². The Bertz CT molecular complexity index is 994. The van der Waals surface area contributed by atoms with Gasteiger partial charge in [0.25, 0.3) is 0 Å². The molecule has 0 aliphatic carbocycles. The maximum Gasteiger partial charge on any atom is 0.324 e. The second kappa shape index (κ2) is 7.89. The third-order valence-corrected chi connectivity index (χ3v) is 6.49. The lowest BCUT2D eigenvalue weighted by molar-refractivity contribution is -0.144. The zero-order valence-corrected chi connectivity index (χ0v) is 19.1. The van der Waals surface area contributed by atoms with Crippen LogP contribution in [0.2, 0.25) is 10.0 Å². The summed E-state index contributed by atoms with van der Waals surface area (Å²) in [5.74, 6) is -1.67. The third kappa shape index (κ3) is 3.83. The second-order valence-corrected chi connectivity index (χ2v) is 10.3. The highest BCUT2D eigenvalue weighted by Crippen LogP contribution is 2.55. The van der Waals surface area contributed by atoms with E-state index >= 15 is 0 Å². The van der Waals surface area contributed by atoms with Crippen LogP contribution in [-0.2, 0) is 10.2 Å². The molecule has 0 saturated carbocycles. The fourth-order valence-electron chi connectivity index (χ4n) is 4.81. The van der Waals surface area contributed by atoms with Crippen LogP contribution in [0.15, 0.2) is 48.5 Å². The second-order valence-electron chi connectivity index (χ2n) is 9.44. The number of hydrogen-bond acceptors (Lipinski definition) is 3. The van der Waals surface area contributed by atoms with E-state index in [0.717, 1.165) is 5.56 Å². The van der Waals surface area contributed by atoms with Crippen molar-refractivity contribution in [3.05, 3.63) is 69.7 Å². The number of aliphatic carboxylic acids is 1. The minimum Gasteiger partial charge on any atom is -0.480 e. The summed E-state index contributed by atoms with van der Waals surface area (Å²) < 4.78 is 0. The standard InChI is InChI=1S/C24H26Cl2N2O2/c1-22(2,3)13-19-24(14-27,16-8-10-17(25)11-9-16)20(23(4,28-19)21(29)30)15-6-5-7-18(26)12-15/h5-12,19-20,28H,13H2,1-4H3,(H,29,30)/t19-,20-,23+,24-/m0/s1. The molecule has 0 bridgehead atoms. The maximum atomic E-state index is 12.6. The fourth-order valence-corrected chi connectivity index (χ4v) is 5.13. The van der Waals surface area contributed by atoms with Crippen molar-refractivity contribution in [3.63, 3.8) is 0 Å². The molecule has 0 unspecified atom stereocenters. The molecule has 6 heteroatoms. The molecule has 2 aromatic rings. The topological polar surface area (TPSA) is 73.1 Å². The van der Waals surface area contributed by atoms with Gasteiger partial charge in [0, 0.05) is 22.0 Å². The predicted molar refractivity (Wildman–Crippen MR) is 120 cm³/mol. The quantitative estimate of drug-likeness (QED) is 0.625. The average molecular weight is 445 g/mol. The normalized spacial score (nSPS) is 28.8. The van der Waals surface area contributed by atoms with Gasteiger partial charge in [0.05, 0.1) is 6.07 Å². The molecule has 2 N–H and O–H groups in total. The van der Waals surface area contributed by atoms with E-state index in [1.165, 1.54) is 0 Å². The minimum atomic E-state index is -1.37. The lowest BCUT2D eigenvalue weighted by atomic mass is 9.60. The average Bonchev–Trinajstić information content (AvgIpc) is 2.90. The molecule has 2 aromatic carbocycles. The van der Waals surface area contributed by atoms with Gasteiger partial charge in [-0.15, -0.1) is 0 Å². The first kappa shape index (κ1) is 22.6. The summed E-state index contributed by atoms with van der Waals surface area (Å²) >= 11 is 12.4. The number of rotatable bonds is 4. The highest BCUT2D eigenvalue weighted by atomic mass is 35.5. The monoisotopic (exact) mass is 444 g/mol. The number of carboxylic acids is 1. The van der Waals surface area contributed by atoms with Crippen LogP contribution in [0, 0.1) is 16.7 Å². The summed E-state index contributed by atoms with van der Waals surface area (Å²) in [7, 11) is 0. The molecule has 1 heterocycles. The van der Waals surface area contributed by atoms with Gasteiger partial charge >= 0.3 is 5.97 Å². The van der Waals surface area contributed by atoms with E-state index in [9.17, 15) is 15.2 Å². The lowest BCUT2D eigenvalue weighted by Crippen LogP contribution is -2.50. The van der Waals surface area contributed by atoms with Gasteiger partial charge in [-0.05, 0) is 54.2 Å². The van der Waals surface area contributed by atoms with Crippen molar-refractivity contribution in [3.8, 4) is 6.07 Å². The molecule has 4 nitrogen and oxygen atoms in total. The number of carboxylic acid groups (broad SMARTS) is 1. The first-order valence-corrected chi connectivity index (χ1v) is 10.6.